The second kappa shape index (κ2) is 4.68. The third-order valence-electron chi connectivity index (χ3n) is 2.82. The van der Waals surface area contributed by atoms with Gasteiger partial charge in [0, 0.05) is 12.3 Å². The van der Waals surface area contributed by atoms with Crippen LogP contribution in [0.5, 0.6) is 5.75 Å². The molecule has 0 fully saturated rings. The molecular weight excluding hydrogens is 232 g/mol. The van der Waals surface area contributed by atoms with Gasteiger partial charge in [0.25, 0.3) is 0 Å². The van der Waals surface area contributed by atoms with Crippen LogP contribution >= 0.6 is 0 Å². The highest BCUT2D eigenvalue weighted by Gasteiger charge is 2.29. The summed E-state index contributed by atoms with van der Waals surface area (Å²) >= 11 is 0. The third-order valence-corrected chi connectivity index (χ3v) is 2.82. The van der Waals surface area contributed by atoms with Crippen molar-refractivity contribution in [2.24, 2.45) is 5.92 Å². The summed E-state index contributed by atoms with van der Waals surface area (Å²) < 4.78 is 6.56. The van der Waals surface area contributed by atoms with E-state index in [0.29, 0.717) is 5.76 Å². The summed E-state index contributed by atoms with van der Waals surface area (Å²) in [5.74, 6) is 0.161. The molecule has 1 atom stereocenters. The van der Waals surface area contributed by atoms with Gasteiger partial charge >= 0.3 is 0 Å². The quantitative estimate of drug-likeness (QED) is 0.906. The smallest absolute Gasteiger partial charge is 0.241 e. The summed E-state index contributed by atoms with van der Waals surface area (Å²) in [6.45, 7) is 5.71. The van der Waals surface area contributed by atoms with Crippen molar-refractivity contribution in [2.75, 3.05) is 0 Å². The standard InChI is InChI=1S/C13H16N2O3/c1-8(2)12(11-6-9(3)14-18-11)13(17)15-5-4-10(16)7-15/h4-8,12,16H,1-3H3/t12-/m1/s1. The molecule has 0 saturated heterocycles. The van der Waals surface area contributed by atoms with Crippen LogP contribution in [0.4, 0.5) is 0 Å². The number of aromatic hydroxyl groups is 1. The van der Waals surface area contributed by atoms with E-state index in [-0.39, 0.29) is 17.6 Å². The van der Waals surface area contributed by atoms with Gasteiger partial charge in [0.15, 0.2) is 0 Å². The van der Waals surface area contributed by atoms with Crippen LogP contribution in [-0.4, -0.2) is 20.7 Å². The molecule has 2 aromatic heterocycles. The summed E-state index contributed by atoms with van der Waals surface area (Å²) in [5, 5.41) is 13.1. The maximum absolute atomic E-state index is 12.4. The molecule has 2 heterocycles. The Labute approximate surface area is 105 Å². The number of aromatic nitrogens is 2. The molecule has 0 aliphatic carbocycles. The van der Waals surface area contributed by atoms with E-state index in [1.807, 2.05) is 20.8 Å². The van der Waals surface area contributed by atoms with Crippen LogP contribution in [0, 0.1) is 12.8 Å². The van der Waals surface area contributed by atoms with Gasteiger partial charge < -0.3 is 9.63 Å². The minimum atomic E-state index is -0.405. The summed E-state index contributed by atoms with van der Waals surface area (Å²) in [5.41, 5.74) is 0.749. The van der Waals surface area contributed by atoms with Crippen molar-refractivity contribution in [3.63, 3.8) is 0 Å². The monoisotopic (exact) mass is 248 g/mol. The van der Waals surface area contributed by atoms with Gasteiger partial charge in [-0.1, -0.05) is 19.0 Å². The number of nitrogens with zero attached hydrogens (tertiary/aromatic N) is 2. The van der Waals surface area contributed by atoms with E-state index in [1.54, 1.807) is 6.07 Å². The lowest BCUT2D eigenvalue weighted by molar-refractivity contribution is 0.0835. The molecule has 18 heavy (non-hydrogen) atoms. The number of hydrogen-bond acceptors (Lipinski definition) is 4. The zero-order valence-electron chi connectivity index (χ0n) is 10.6. The maximum Gasteiger partial charge on any atom is 0.241 e. The molecule has 0 radical (unpaired) electrons. The van der Waals surface area contributed by atoms with E-state index in [1.165, 1.54) is 23.0 Å². The Morgan fingerprint density at radius 3 is 2.67 bits per heavy atom. The normalized spacial score (nSPS) is 12.9. The van der Waals surface area contributed by atoms with Gasteiger partial charge in [-0.3, -0.25) is 9.36 Å². The zero-order chi connectivity index (χ0) is 13.3. The van der Waals surface area contributed by atoms with Crippen molar-refractivity contribution in [3.05, 3.63) is 36.0 Å². The van der Waals surface area contributed by atoms with Crippen molar-refractivity contribution in [2.45, 2.75) is 26.7 Å². The fourth-order valence-electron chi connectivity index (χ4n) is 1.95. The van der Waals surface area contributed by atoms with Crippen LogP contribution in [0.1, 0.15) is 36.0 Å². The average Bonchev–Trinajstić information content (AvgIpc) is 2.87. The first-order valence-corrected chi connectivity index (χ1v) is 5.83. The van der Waals surface area contributed by atoms with Crippen molar-refractivity contribution in [1.82, 2.24) is 9.72 Å². The molecule has 5 nitrogen and oxygen atoms in total. The largest absolute Gasteiger partial charge is 0.506 e. The van der Waals surface area contributed by atoms with Crippen LogP contribution in [0.3, 0.4) is 0 Å². The highest BCUT2D eigenvalue weighted by atomic mass is 16.5. The Morgan fingerprint density at radius 2 is 2.22 bits per heavy atom. The lowest BCUT2D eigenvalue weighted by Crippen LogP contribution is -2.22. The van der Waals surface area contributed by atoms with Crippen molar-refractivity contribution in [1.29, 1.82) is 0 Å². The topological polar surface area (TPSA) is 68.3 Å². The summed E-state index contributed by atoms with van der Waals surface area (Å²) in [7, 11) is 0. The first-order valence-electron chi connectivity index (χ1n) is 5.83. The number of carbonyl (C=O) groups excluding carboxylic acids is 1. The summed E-state index contributed by atoms with van der Waals surface area (Å²) in [6.07, 6.45) is 2.93. The minimum absolute atomic E-state index is 0.0691. The SMILES string of the molecule is Cc1cc([C@H](C(=O)n2ccc(O)c2)C(C)C)on1. The van der Waals surface area contributed by atoms with Gasteiger partial charge in [-0.15, -0.1) is 0 Å². The number of carbonyl (C=O) groups is 1. The van der Waals surface area contributed by atoms with Crippen molar-refractivity contribution in [3.8, 4) is 5.75 Å². The predicted molar refractivity (Wildman–Crippen MR) is 65.5 cm³/mol. The lowest BCUT2D eigenvalue weighted by Gasteiger charge is -2.16. The van der Waals surface area contributed by atoms with Crippen LogP contribution in [0.2, 0.25) is 0 Å². The van der Waals surface area contributed by atoms with Gasteiger partial charge in [0.1, 0.15) is 17.4 Å². The highest BCUT2D eigenvalue weighted by molar-refractivity contribution is 5.86. The van der Waals surface area contributed by atoms with Gasteiger partial charge in [-0.05, 0) is 18.9 Å². The molecule has 0 saturated carbocycles. The van der Waals surface area contributed by atoms with Crippen molar-refractivity contribution >= 4 is 5.91 Å². The predicted octanol–water partition coefficient (Wildman–Crippen LogP) is 2.57. The van der Waals surface area contributed by atoms with Gasteiger partial charge in [0.05, 0.1) is 11.9 Å². The molecular formula is C13H16N2O3. The van der Waals surface area contributed by atoms with E-state index in [4.69, 9.17) is 4.52 Å². The highest BCUT2D eigenvalue weighted by Crippen LogP contribution is 2.27. The zero-order valence-corrected chi connectivity index (χ0v) is 10.6. The van der Waals surface area contributed by atoms with Gasteiger partial charge in [-0.2, -0.15) is 0 Å². The molecule has 96 valence electrons. The molecule has 0 aromatic carbocycles. The molecule has 0 unspecified atom stereocenters. The molecule has 0 amide bonds. The molecule has 2 aromatic rings. The van der Waals surface area contributed by atoms with E-state index >= 15 is 0 Å². The number of hydrogen-bond donors (Lipinski definition) is 1. The van der Waals surface area contributed by atoms with E-state index in [0.717, 1.165) is 5.69 Å². The number of rotatable bonds is 3. The summed E-state index contributed by atoms with van der Waals surface area (Å²) in [6, 6.07) is 3.24. The Balaban J connectivity index is 2.34. The van der Waals surface area contributed by atoms with Gasteiger partial charge in [0.2, 0.25) is 5.91 Å². The molecule has 1 N–H and O–H groups in total. The van der Waals surface area contributed by atoms with Crippen LogP contribution in [0.15, 0.2) is 29.0 Å². The van der Waals surface area contributed by atoms with Crippen molar-refractivity contribution < 1.29 is 14.4 Å². The second-order valence-electron chi connectivity index (χ2n) is 4.71. The fourth-order valence-corrected chi connectivity index (χ4v) is 1.95. The van der Waals surface area contributed by atoms with Crippen LogP contribution in [-0.2, 0) is 0 Å². The molecule has 2 rings (SSSR count). The minimum Gasteiger partial charge on any atom is -0.506 e. The van der Waals surface area contributed by atoms with E-state index in [2.05, 4.69) is 5.16 Å². The Hall–Kier alpha value is -2.04. The first kappa shape index (κ1) is 12.4. The Bertz CT molecular complexity index is 554. The second-order valence-corrected chi connectivity index (χ2v) is 4.71. The molecule has 0 spiro atoms. The summed E-state index contributed by atoms with van der Waals surface area (Å²) in [4.78, 5) is 12.4. The fraction of sp³-hybridized carbons (Fsp3) is 0.385. The van der Waals surface area contributed by atoms with Gasteiger partial charge in [-0.25, -0.2) is 0 Å². The Morgan fingerprint density at radius 1 is 1.50 bits per heavy atom. The van der Waals surface area contributed by atoms with E-state index in [9.17, 15) is 9.90 Å². The molecule has 5 heteroatoms. The van der Waals surface area contributed by atoms with Crippen LogP contribution < -0.4 is 0 Å². The number of aryl methyl sites for hydroxylation is 1. The van der Waals surface area contributed by atoms with E-state index < -0.39 is 5.92 Å². The first-order chi connectivity index (χ1) is 8.49. The molecule has 0 bridgehead atoms. The maximum atomic E-state index is 12.4. The Kier molecular flexibility index (Phi) is 3.23. The lowest BCUT2D eigenvalue weighted by atomic mass is 9.92. The average molecular weight is 248 g/mol. The molecule has 0 aliphatic heterocycles. The molecule has 0 aliphatic rings. The van der Waals surface area contributed by atoms with Crippen LogP contribution in [0.25, 0.3) is 0 Å². The third kappa shape index (κ3) is 2.30.